The van der Waals surface area contributed by atoms with Crippen LogP contribution in [0.1, 0.15) is 27.8 Å². The number of hydrogen-bond acceptors (Lipinski definition) is 1. The molecule has 2 rings (SSSR count). The van der Waals surface area contributed by atoms with Crippen molar-refractivity contribution in [3.63, 3.8) is 0 Å². The Kier molecular flexibility index (Phi) is 4.31. The first-order valence-corrected chi connectivity index (χ1v) is 7.33. The summed E-state index contributed by atoms with van der Waals surface area (Å²) in [7, 11) is 0. The first kappa shape index (κ1) is 14.1. The molecule has 100 valence electrons. The quantitative estimate of drug-likeness (QED) is 0.810. The predicted octanol–water partition coefficient (Wildman–Crippen LogP) is 5.29. The van der Waals surface area contributed by atoms with Crippen LogP contribution < -0.4 is 5.32 Å². The second kappa shape index (κ2) is 5.79. The van der Waals surface area contributed by atoms with Gasteiger partial charge in [0.25, 0.3) is 0 Å². The molecule has 0 radical (unpaired) electrons. The summed E-state index contributed by atoms with van der Waals surface area (Å²) in [5.41, 5.74) is 7.83. The highest BCUT2D eigenvalue weighted by atomic mass is 79.9. The second-order valence-electron chi connectivity index (χ2n) is 5.21. The first-order valence-electron chi connectivity index (χ1n) is 6.54. The zero-order valence-corrected chi connectivity index (χ0v) is 13.6. The van der Waals surface area contributed by atoms with Gasteiger partial charge < -0.3 is 5.32 Å². The van der Waals surface area contributed by atoms with E-state index < -0.39 is 0 Å². The molecule has 2 aromatic rings. The van der Waals surface area contributed by atoms with Crippen LogP contribution in [0.2, 0.25) is 0 Å². The van der Waals surface area contributed by atoms with Gasteiger partial charge in [0.1, 0.15) is 0 Å². The fourth-order valence-corrected chi connectivity index (χ4v) is 3.07. The minimum atomic E-state index is 0.861. The van der Waals surface area contributed by atoms with Crippen LogP contribution in [0.15, 0.2) is 34.8 Å². The molecule has 0 saturated carbocycles. The van der Waals surface area contributed by atoms with Gasteiger partial charge in [-0.25, -0.2) is 0 Å². The summed E-state index contributed by atoms with van der Waals surface area (Å²) < 4.78 is 1.12. The van der Waals surface area contributed by atoms with Crippen molar-refractivity contribution in [2.75, 3.05) is 5.32 Å². The molecule has 2 heteroatoms. The average molecular weight is 318 g/mol. The molecule has 0 bridgehead atoms. The SMILES string of the molecule is Cc1cc(C)c(CNc2ccc(C)cc2Br)c(C)c1. The summed E-state index contributed by atoms with van der Waals surface area (Å²) in [6, 6.07) is 10.9. The van der Waals surface area contributed by atoms with E-state index in [1.807, 2.05) is 0 Å². The highest BCUT2D eigenvalue weighted by molar-refractivity contribution is 9.10. The van der Waals surface area contributed by atoms with E-state index in [-0.39, 0.29) is 0 Å². The summed E-state index contributed by atoms with van der Waals surface area (Å²) in [6.07, 6.45) is 0. The maximum absolute atomic E-state index is 3.61. The Labute approximate surface area is 124 Å². The summed E-state index contributed by atoms with van der Waals surface area (Å²) in [5.74, 6) is 0. The largest absolute Gasteiger partial charge is 0.380 e. The van der Waals surface area contributed by atoms with Crippen LogP contribution in [0.4, 0.5) is 5.69 Å². The maximum atomic E-state index is 3.61. The summed E-state index contributed by atoms with van der Waals surface area (Å²) in [6.45, 7) is 9.47. The number of nitrogens with one attached hydrogen (secondary N) is 1. The topological polar surface area (TPSA) is 12.0 Å². The molecule has 2 aromatic carbocycles. The highest BCUT2D eigenvalue weighted by Crippen LogP contribution is 2.25. The Bertz CT molecular complexity index is 579. The van der Waals surface area contributed by atoms with E-state index in [1.165, 1.54) is 27.8 Å². The molecule has 0 atom stereocenters. The Balaban J connectivity index is 2.19. The van der Waals surface area contributed by atoms with Crippen molar-refractivity contribution in [1.82, 2.24) is 0 Å². The van der Waals surface area contributed by atoms with Crippen LogP contribution in [0, 0.1) is 27.7 Å². The Morgan fingerprint density at radius 3 is 2.11 bits per heavy atom. The third kappa shape index (κ3) is 3.38. The van der Waals surface area contributed by atoms with Gasteiger partial charge in [-0.1, -0.05) is 23.8 Å². The van der Waals surface area contributed by atoms with Crippen LogP contribution in [-0.4, -0.2) is 0 Å². The normalized spacial score (nSPS) is 10.6. The van der Waals surface area contributed by atoms with Crippen molar-refractivity contribution in [3.8, 4) is 0 Å². The molecule has 0 fully saturated rings. The zero-order chi connectivity index (χ0) is 14.0. The van der Waals surface area contributed by atoms with Gasteiger partial charge in [0, 0.05) is 16.7 Å². The van der Waals surface area contributed by atoms with E-state index in [0.717, 1.165) is 16.7 Å². The third-order valence-electron chi connectivity index (χ3n) is 3.42. The lowest BCUT2D eigenvalue weighted by atomic mass is 10.00. The minimum Gasteiger partial charge on any atom is -0.380 e. The maximum Gasteiger partial charge on any atom is 0.0487 e. The number of benzene rings is 2. The molecular formula is C17H20BrN. The number of anilines is 1. The van der Waals surface area contributed by atoms with Gasteiger partial charge in [0.05, 0.1) is 0 Å². The molecule has 1 N–H and O–H groups in total. The van der Waals surface area contributed by atoms with Crippen LogP contribution in [0.3, 0.4) is 0 Å². The summed E-state index contributed by atoms with van der Waals surface area (Å²) in [4.78, 5) is 0. The molecule has 0 amide bonds. The molecule has 0 spiro atoms. The van der Waals surface area contributed by atoms with Crippen molar-refractivity contribution < 1.29 is 0 Å². The number of hydrogen-bond donors (Lipinski definition) is 1. The lowest BCUT2D eigenvalue weighted by Crippen LogP contribution is -2.04. The van der Waals surface area contributed by atoms with Gasteiger partial charge in [-0.2, -0.15) is 0 Å². The summed E-state index contributed by atoms with van der Waals surface area (Å²) >= 11 is 3.61. The van der Waals surface area contributed by atoms with E-state index in [0.29, 0.717) is 0 Å². The Morgan fingerprint density at radius 2 is 1.53 bits per heavy atom. The molecular weight excluding hydrogens is 298 g/mol. The fourth-order valence-electron chi connectivity index (χ4n) is 2.44. The van der Waals surface area contributed by atoms with Crippen molar-refractivity contribution in [3.05, 3.63) is 62.6 Å². The first-order chi connectivity index (χ1) is 8.97. The zero-order valence-electron chi connectivity index (χ0n) is 12.0. The standard InChI is InChI=1S/C17H20BrN/c1-11-5-6-17(16(18)9-11)19-10-15-13(3)7-12(2)8-14(15)4/h5-9,19H,10H2,1-4H3. The predicted molar refractivity (Wildman–Crippen MR) is 86.9 cm³/mol. The Hall–Kier alpha value is -1.28. The molecule has 0 aromatic heterocycles. The molecule has 1 nitrogen and oxygen atoms in total. The smallest absolute Gasteiger partial charge is 0.0487 e. The van der Waals surface area contributed by atoms with E-state index in [9.17, 15) is 0 Å². The number of aryl methyl sites for hydroxylation is 4. The lowest BCUT2D eigenvalue weighted by Gasteiger charge is -2.14. The second-order valence-corrected chi connectivity index (χ2v) is 6.07. The monoisotopic (exact) mass is 317 g/mol. The van der Waals surface area contributed by atoms with Crippen molar-refractivity contribution in [2.24, 2.45) is 0 Å². The number of halogens is 1. The molecule has 0 aliphatic heterocycles. The van der Waals surface area contributed by atoms with Gasteiger partial charge in [-0.15, -0.1) is 0 Å². The molecule has 0 saturated heterocycles. The highest BCUT2D eigenvalue weighted by Gasteiger charge is 2.05. The fraction of sp³-hybridized carbons (Fsp3) is 0.294. The van der Waals surface area contributed by atoms with Crippen LogP contribution >= 0.6 is 15.9 Å². The van der Waals surface area contributed by atoms with Gasteiger partial charge in [-0.3, -0.25) is 0 Å². The number of rotatable bonds is 3. The Morgan fingerprint density at radius 1 is 0.895 bits per heavy atom. The van der Waals surface area contributed by atoms with Gasteiger partial charge in [-0.05, 0) is 78.0 Å². The average Bonchev–Trinajstić information content (AvgIpc) is 2.30. The molecule has 0 aliphatic rings. The summed E-state index contributed by atoms with van der Waals surface area (Å²) in [5, 5.41) is 3.51. The van der Waals surface area contributed by atoms with Gasteiger partial charge in [0.2, 0.25) is 0 Å². The molecule has 0 unspecified atom stereocenters. The van der Waals surface area contributed by atoms with E-state index in [4.69, 9.17) is 0 Å². The molecule has 0 heterocycles. The molecule has 0 aliphatic carbocycles. The van der Waals surface area contributed by atoms with Gasteiger partial charge >= 0.3 is 0 Å². The van der Waals surface area contributed by atoms with E-state index >= 15 is 0 Å². The van der Waals surface area contributed by atoms with Crippen molar-refractivity contribution in [2.45, 2.75) is 34.2 Å². The van der Waals surface area contributed by atoms with Crippen LogP contribution in [0.25, 0.3) is 0 Å². The third-order valence-corrected chi connectivity index (χ3v) is 4.08. The lowest BCUT2D eigenvalue weighted by molar-refractivity contribution is 1.08. The van der Waals surface area contributed by atoms with Gasteiger partial charge in [0.15, 0.2) is 0 Å². The van der Waals surface area contributed by atoms with E-state index in [2.05, 4.69) is 79.3 Å². The molecule has 19 heavy (non-hydrogen) atoms. The van der Waals surface area contributed by atoms with Crippen LogP contribution in [0.5, 0.6) is 0 Å². The minimum absolute atomic E-state index is 0.861. The van der Waals surface area contributed by atoms with E-state index in [1.54, 1.807) is 0 Å². The van der Waals surface area contributed by atoms with Crippen molar-refractivity contribution in [1.29, 1.82) is 0 Å². The van der Waals surface area contributed by atoms with Crippen LogP contribution in [-0.2, 0) is 6.54 Å². The van der Waals surface area contributed by atoms with Crippen molar-refractivity contribution >= 4 is 21.6 Å².